The second kappa shape index (κ2) is 9.32. The lowest BCUT2D eigenvalue weighted by Gasteiger charge is -2.26. The first-order valence-corrected chi connectivity index (χ1v) is 7.40. The molecule has 0 radical (unpaired) electrons. The SMILES string of the molecule is CC(C)CCNC(=O)C(C)NCC(C)(C)CCCO. The molecule has 1 amide bonds. The van der Waals surface area contributed by atoms with Crippen LogP contribution in [0.2, 0.25) is 0 Å². The summed E-state index contributed by atoms with van der Waals surface area (Å²) in [7, 11) is 0. The molecule has 0 heterocycles. The Bertz CT molecular complexity index is 253. The molecule has 19 heavy (non-hydrogen) atoms. The van der Waals surface area contributed by atoms with Gasteiger partial charge in [0.1, 0.15) is 0 Å². The van der Waals surface area contributed by atoms with Crippen molar-refractivity contribution in [2.24, 2.45) is 11.3 Å². The van der Waals surface area contributed by atoms with Gasteiger partial charge in [-0.2, -0.15) is 0 Å². The fraction of sp³-hybridized carbons (Fsp3) is 0.933. The van der Waals surface area contributed by atoms with E-state index >= 15 is 0 Å². The van der Waals surface area contributed by atoms with Gasteiger partial charge in [0.05, 0.1) is 6.04 Å². The van der Waals surface area contributed by atoms with Gasteiger partial charge < -0.3 is 15.7 Å². The van der Waals surface area contributed by atoms with Crippen LogP contribution in [0.15, 0.2) is 0 Å². The van der Waals surface area contributed by atoms with Gasteiger partial charge in [-0.1, -0.05) is 27.7 Å². The Morgan fingerprint density at radius 2 is 1.89 bits per heavy atom. The van der Waals surface area contributed by atoms with Crippen molar-refractivity contribution in [2.45, 2.75) is 59.9 Å². The summed E-state index contributed by atoms with van der Waals surface area (Å²) in [6, 6.07) is -0.166. The normalized spacial score (nSPS) is 13.6. The van der Waals surface area contributed by atoms with Crippen molar-refractivity contribution < 1.29 is 9.90 Å². The molecule has 0 aromatic rings. The van der Waals surface area contributed by atoms with Crippen molar-refractivity contribution in [3.63, 3.8) is 0 Å². The molecular formula is C15H32N2O2. The van der Waals surface area contributed by atoms with Crippen molar-refractivity contribution in [1.29, 1.82) is 0 Å². The number of amides is 1. The van der Waals surface area contributed by atoms with Gasteiger partial charge in [-0.15, -0.1) is 0 Å². The molecule has 3 N–H and O–H groups in total. The Balaban J connectivity index is 3.89. The quantitative estimate of drug-likeness (QED) is 0.569. The van der Waals surface area contributed by atoms with Crippen LogP contribution in [-0.4, -0.2) is 36.8 Å². The van der Waals surface area contributed by atoms with Crippen molar-refractivity contribution in [2.75, 3.05) is 19.7 Å². The molecule has 0 aromatic carbocycles. The number of carbonyl (C=O) groups excluding carboxylic acids is 1. The Morgan fingerprint density at radius 3 is 2.42 bits per heavy atom. The summed E-state index contributed by atoms with van der Waals surface area (Å²) in [6.07, 6.45) is 2.78. The second-order valence-electron chi connectivity index (χ2n) is 6.57. The van der Waals surface area contributed by atoms with Gasteiger partial charge in [0.15, 0.2) is 0 Å². The first kappa shape index (κ1) is 18.4. The molecule has 1 atom stereocenters. The summed E-state index contributed by atoms with van der Waals surface area (Å²) in [5, 5.41) is 15.1. The van der Waals surface area contributed by atoms with Gasteiger partial charge in [0, 0.05) is 19.7 Å². The maximum atomic E-state index is 11.8. The van der Waals surface area contributed by atoms with E-state index in [0.29, 0.717) is 5.92 Å². The molecule has 0 saturated carbocycles. The van der Waals surface area contributed by atoms with Crippen molar-refractivity contribution in [3.05, 3.63) is 0 Å². The van der Waals surface area contributed by atoms with E-state index in [2.05, 4.69) is 38.3 Å². The largest absolute Gasteiger partial charge is 0.396 e. The highest BCUT2D eigenvalue weighted by molar-refractivity contribution is 5.81. The van der Waals surface area contributed by atoms with Gasteiger partial charge >= 0.3 is 0 Å². The summed E-state index contributed by atoms with van der Waals surface area (Å²) in [5.41, 5.74) is 0.106. The van der Waals surface area contributed by atoms with Crippen LogP contribution in [0.1, 0.15) is 53.9 Å². The molecule has 0 aliphatic heterocycles. The van der Waals surface area contributed by atoms with E-state index in [9.17, 15) is 4.79 Å². The van der Waals surface area contributed by atoms with Crippen molar-refractivity contribution in [3.8, 4) is 0 Å². The number of aliphatic hydroxyl groups is 1. The minimum Gasteiger partial charge on any atom is -0.396 e. The number of carbonyl (C=O) groups is 1. The first-order chi connectivity index (χ1) is 8.78. The second-order valence-corrected chi connectivity index (χ2v) is 6.57. The minimum atomic E-state index is -0.166. The fourth-order valence-electron chi connectivity index (χ4n) is 1.81. The lowest BCUT2D eigenvalue weighted by molar-refractivity contribution is -0.122. The van der Waals surface area contributed by atoms with E-state index < -0.39 is 0 Å². The third-order valence-corrected chi connectivity index (χ3v) is 3.31. The molecule has 114 valence electrons. The first-order valence-electron chi connectivity index (χ1n) is 7.40. The predicted molar refractivity (Wildman–Crippen MR) is 80.0 cm³/mol. The van der Waals surface area contributed by atoms with Crippen molar-refractivity contribution >= 4 is 5.91 Å². The van der Waals surface area contributed by atoms with E-state index in [1.807, 2.05) is 6.92 Å². The van der Waals surface area contributed by atoms with Gasteiger partial charge in [0.2, 0.25) is 5.91 Å². The Labute approximate surface area is 118 Å². The van der Waals surface area contributed by atoms with Crippen LogP contribution >= 0.6 is 0 Å². The lowest BCUT2D eigenvalue weighted by atomic mass is 9.87. The number of rotatable bonds is 10. The lowest BCUT2D eigenvalue weighted by Crippen LogP contribution is -2.45. The smallest absolute Gasteiger partial charge is 0.236 e. The van der Waals surface area contributed by atoms with Crippen LogP contribution in [-0.2, 0) is 4.79 Å². The summed E-state index contributed by atoms with van der Waals surface area (Å²) >= 11 is 0. The molecule has 0 bridgehead atoms. The maximum absolute atomic E-state index is 11.8. The van der Waals surface area contributed by atoms with Crippen LogP contribution in [0, 0.1) is 11.3 Å². The summed E-state index contributed by atoms with van der Waals surface area (Å²) in [5.74, 6) is 0.680. The van der Waals surface area contributed by atoms with Gasteiger partial charge in [-0.25, -0.2) is 0 Å². The average Bonchev–Trinajstić information content (AvgIpc) is 2.33. The minimum absolute atomic E-state index is 0.0682. The van der Waals surface area contributed by atoms with E-state index in [-0.39, 0.29) is 24.0 Å². The molecule has 0 fully saturated rings. The Hall–Kier alpha value is -0.610. The zero-order valence-electron chi connectivity index (χ0n) is 13.3. The molecular weight excluding hydrogens is 240 g/mol. The molecule has 4 heteroatoms. The zero-order chi connectivity index (χ0) is 14.9. The third-order valence-electron chi connectivity index (χ3n) is 3.31. The van der Waals surface area contributed by atoms with Crippen LogP contribution in [0.4, 0.5) is 0 Å². The molecule has 0 aliphatic rings. The standard InChI is InChI=1S/C15H32N2O2/c1-12(2)7-9-16-14(19)13(3)17-11-15(4,5)8-6-10-18/h12-13,17-18H,6-11H2,1-5H3,(H,16,19). The molecule has 0 saturated heterocycles. The highest BCUT2D eigenvalue weighted by Gasteiger charge is 2.20. The maximum Gasteiger partial charge on any atom is 0.236 e. The fourth-order valence-corrected chi connectivity index (χ4v) is 1.81. The molecule has 1 unspecified atom stereocenters. The van der Waals surface area contributed by atoms with E-state index in [1.54, 1.807) is 0 Å². The summed E-state index contributed by atoms with van der Waals surface area (Å²) in [6.45, 7) is 12.3. The monoisotopic (exact) mass is 272 g/mol. The molecule has 0 rings (SSSR count). The van der Waals surface area contributed by atoms with Crippen molar-refractivity contribution in [1.82, 2.24) is 10.6 Å². The molecule has 0 spiro atoms. The van der Waals surface area contributed by atoms with Crippen LogP contribution in [0.5, 0.6) is 0 Å². The summed E-state index contributed by atoms with van der Waals surface area (Å²) < 4.78 is 0. The Morgan fingerprint density at radius 1 is 1.26 bits per heavy atom. The topological polar surface area (TPSA) is 61.4 Å². The van der Waals surface area contributed by atoms with E-state index in [1.165, 1.54) is 0 Å². The van der Waals surface area contributed by atoms with Gasteiger partial charge in [-0.05, 0) is 37.5 Å². The average molecular weight is 272 g/mol. The van der Waals surface area contributed by atoms with E-state index in [4.69, 9.17) is 5.11 Å². The molecule has 0 aliphatic carbocycles. The highest BCUT2D eigenvalue weighted by atomic mass is 16.2. The predicted octanol–water partition coefficient (Wildman–Crippen LogP) is 1.93. The number of hydrogen-bond donors (Lipinski definition) is 3. The van der Waals surface area contributed by atoms with Gasteiger partial charge in [-0.3, -0.25) is 4.79 Å². The van der Waals surface area contributed by atoms with Crippen LogP contribution < -0.4 is 10.6 Å². The highest BCUT2D eigenvalue weighted by Crippen LogP contribution is 2.20. The van der Waals surface area contributed by atoms with E-state index in [0.717, 1.165) is 32.4 Å². The molecule has 4 nitrogen and oxygen atoms in total. The number of aliphatic hydroxyl groups excluding tert-OH is 1. The zero-order valence-corrected chi connectivity index (χ0v) is 13.3. The van der Waals surface area contributed by atoms with Crippen LogP contribution in [0.3, 0.4) is 0 Å². The van der Waals surface area contributed by atoms with Gasteiger partial charge in [0.25, 0.3) is 0 Å². The number of nitrogens with one attached hydrogen (secondary N) is 2. The summed E-state index contributed by atoms with van der Waals surface area (Å²) in [4.78, 5) is 11.8. The Kier molecular flexibility index (Phi) is 9.02. The number of hydrogen-bond acceptors (Lipinski definition) is 3. The molecule has 0 aromatic heterocycles. The third kappa shape index (κ3) is 9.91. The van der Waals surface area contributed by atoms with Crippen LogP contribution in [0.25, 0.3) is 0 Å².